The molecule has 0 aliphatic heterocycles. The van der Waals surface area contributed by atoms with E-state index in [1.807, 2.05) is 66.7 Å². The molecule has 3 aromatic rings. The summed E-state index contributed by atoms with van der Waals surface area (Å²) in [6.07, 6.45) is 0.983. The van der Waals surface area contributed by atoms with Gasteiger partial charge in [-0.3, -0.25) is 0 Å². The number of aliphatic hydroxyl groups is 1. The van der Waals surface area contributed by atoms with Gasteiger partial charge in [0.15, 0.2) is 6.10 Å². The molecule has 0 saturated carbocycles. The Morgan fingerprint density at radius 3 is 2.07 bits per heavy atom. The maximum atomic E-state index is 12.6. The van der Waals surface area contributed by atoms with Gasteiger partial charge in [-0.2, -0.15) is 0 Å². The summed E-state index contributed by atoms with van der Waals surface area (Å²) in [6, 6.07) is 27.7. The lowest BCUT2D eigenvalue weighted by molar-refractivity contribution is -0.154. The highest BCUT2D eigenvalue weighted by molar-refractivity contribution is 5.78. The van der Waals surface area contributed by atoms with E-state index in [2.05, 4.69) is 0 Å². The fraction of sp³-hybridized carbons (Fsp3) is 0.125. The summed E-state index contributed by atoms with van der Waals surface area (Å²) in [6.45, 7) is 0.186. The van der Waals surface area contributed by atoms with Gasteiger partial charge in [0, 0.05) is 0 Å². The summed E-state index contributed by atoms with van der Waals surface area (Å²) in [5.41, 5.74) is 1.82. The second-order valence-electron chi connectivity index (χ2n) is 6.21. The van der Waals surface area contributed by atoms with Gasteiger partial charge in [0.05, 0.1) is 6.61 Å². The van der Waals surface area contributed by atoms with Crippen LogP contribution in [0.1, 0.15) is 11.1 Å². The summed E-state index contributed by atoms with van der Waals surface area (Å²) in [5, 5.41) is 10.6. The van der Waals surface area contributed by atoms with Crippen LogP contribution in [0.4, 0.5) is 0 Å². The first kappa shape index (κ1) is 19.5. The van der Waals surface area contributed by atoms with E-state index < -0.39 is 18.2 Å². The predicted octanol–water partition coefficient (Wildman–Crippen LogP) is 4.25. The van der Waals surface area contributed by atoms with Gasteiger partial charge >= 0.3 is 5.97 Å². The Morgan fingerprint density at radius 1 is 0.857 bits per heavy atom. The molecule has 0 saturated heterocycles. The maximum Gasteiger partial charge on any atom is 0.343 e. The van der Waals surface area contributed by atoms with E-state index in [1.54, 1.807) is 30.3 Å². The van der Waals surface area contributed by atoms with Crippen molar-refractivity contribution in [3.8, 4) is 5.75 Å². The Labute approximate surface area is 164 Å². The van der Waals surface area contributed by atoms with E-state index >= 15 is 0 Å². The Hall–Kier alpha value is -3.21. The first-order chi connectivity index (χ1) is 13.7. The quantitative estimate of drug-likeness (QED) is 0.473. The number of hydrogen-bond acceptors (Lipinski definition) is 4. The number of carbonyl (C=O) groups excluding carboxylic acids is 1. The van der Waals surface area contributed by atoms with Gasteiger partial charge in [-0.05, 0) is 23.3 Å². The minimum Gasteiger partial charge on any atom is -0.425 e. The van der Waals surface area contributed by atoms with Crippen LogP contribution in [0.5, 0.6) is 5.75 Å². The van der Waals surface area contributed by atoms with E-state index in [9.17, 15) is 9.90 Å². The first-order valence-electron chi connectivity index (χ1n) is 9.06. The van der Waals surface area contributed by atoms with Crippen LogP contribution >= 0.6 is 0 Å². The van der Waals surface area contributed by atoms with Gasteiger partial charge in [0.1, 0.15) is 11.9 Å². The molecule has 0 radical (unpaired) electrons. The van der Waals surface area contributed by atoms with Crippen LogP contribution in [0, 0.1) is 0 Å². The first-order valence-corrected chi connectivity index (χ1v) is 9.06. The Balaban J connectivity index is 1.72. The van der Waals surface area contributed by atoms with Crippen molar-refractivity contribution >= 4 is 12.0 Å². The zero-order valence-corrected chi connectivity index (χ0v) is 15.3. The van der Waals surface area contributed by atoms with Gasteiger partial charge in [-0.1, -0.05) is 91.0 Å². The van der Waals surface area contributed by atoms with Gasteiger partial charge < -0.3 is 14.6 Å². The van der Waals surface area contributed by atoms with Crippen LogP contribution in [0.15, 0.2) is 97.1 Å². The molecule has 4 nitrogen and oxygen atoms in total. The minimum absolute atomic E-state index is 0.186. The van der Waals surface area contributed by atoms with Gasteiger partial charge in [-0.15, -0.1) is 0 Å². The summed E-state index contributed by atoms with van der Waals surface area (Å²) in [7, 11) is 0. The van der Waals surface area contributed by atoms with E-state index in [4.69, 9.17) is 9.47 Å². The maximum absolute atomic E-state index is 12.6. The largest absolute Gasteiger partial charge is 0.425 e. The monoisotopic (exact) mass is 374 g/mol. The molecule has 1 N–H and O–H groups in total. The lowest BCUT2D eigenvalue weighted by atomic mass is 10.1. The minimum atomic E-state index is -1.15. The average molecular weight is 374 g/mol. The normalized spacial score (nSPS) is 13.2. The van der Waals surface area contributed by atoms with Crippen molar-refractivity contribution in [2.75, 3.05) is 0 Å². The van der Waals surface area contributed by atoms with Crippen LogP contribution in [0.2, 0.25) is 0 Å². The zero-order chi connectivity index (χ0) is 19.6. The van der Waals surface area contributed by atoms with Crippen molar-refractivity contribution in [1.29, 1.82) is 0 Å². The molecule has 0 bridgehead atoms. The number of rotatable bonds is 8. The SMILES string of the molecule is O=C(Oc1ccccc1)[C@@H](OCc1ccccc1)[C@H](O)/C=C/c1ccccc1. The molecule has 0 spiro atoms. The highest BCUT2D eigenvalue weighted by Gasteiger charge is 2.28. The highest BCUT2D eigenvalue weighted by atomic mass is 16.6. The molecule has 0 heterocycles. The van der Waals surface area contributed by atoms with Gasteiger partial charge in [0.2, 0.25) is 0 Å². The van der Waals surface area contributed by atoms with Crippen LogP contribution < -0.4 is 4.74 Å². The average Bonchev–Trinajstić information content (AvgIpc) is 2.74. The number of benzene rings is 3. The van der Waals surface area contributed by atoms with Crippen molar-refractivity contribution < 1.29 is 19.4 Å². The summed E-state index contributed by atoms with van der Waals surface area (Å²) >= 11 is 0. The Bertz CT molecular complexity index is 876. The fourth-order valence-corrected chi connectivity index (χ4v) is 2.60. The molecule has 0 fully saturated rings. The topological polar surface area (TPSA) is 55.8 Å². The number of aliphatic hydroxyl groups excluding tert-OH is 1. The molecule has 0 amide bonds. The van der Waals surface area contributed by atoms with E-state index in [0.717, 1.165) is 11.1 Å². The van der Waals surface area contributed by atoms with E-state index in [1.165, 1.54) is 6.08 Å². The number of esters is 1. The van der Waals surface area contributed by atoms with Crippen molar-refractivity contribution in [3.63, 3.8) is 0 Å². The van der Waals surface area contributed by atoms with Crippen molar-refractivity contribution in [3.05, 3.63) is 108 Å². The van der Waals surface area contributed by atoms with Gasteiger partial charge in [-0.25, -0.2) is 4.79 Å². The number of carbonyl (C=O) groups is 1. The Kier molecular flexibility index (Phi) is 7.13. The molecule has 0 aliphatic carbocycles. The molecule has 3 aromatic carbocycles. The molecule has 3 rings (SSSR count). The molecular weight excluding hydrogens is 352 g/mol. The molecule has 28 heavy (non-hydrogen) atoms. The molecule has 0 aromatic heterocycles. The molecule has 4 heteroatoms. The predicted molar refractivity (Wildman–Crippen MR) is 109 cm³/mol. The number of ether oxygens (including phenoxy) is 2. The lowest BCUT2D eigenvalue weighted by Crippen LogP contribution is -2.38. The highest BCUT2D eigenvalue weighted by Crippen LogP contribution is 2.15. The Morgan fingerprint density at radius 2 is 1.43 bits per heavy atom. The third-order valence-corrected chi connectivity index (χ3v) is 4.06. The van der Waals surface area contributed by atoms with Crippen molar-refractivity contribution in [1.82, 2.24) is 0 Å². The molecule has 142 valence electrons. The second kappa shape index (κ2) is 10.2. The second-order valence-corrected chi connectivity index (χ2v) is 6.21. The standard InChI is InChI=1S/C24H22O4/c25-22(17-16-19-10-4-1-5-11-19)23(27-18-20-12-6-2-7-13-20)24(26)28-21-14-8-3-9-15-21/h1-17,22-23,25H,18H2/b17-16+/t22-,23+/m1/s1. The lowest BCUT2D eigenvalue weighted by Gasteiger charge is -2.20. The van der Waals surface area contributed by atoms with Crippen molar-refractivity contribution in [2.45, 2.75) is 18.8 Å². The molecule has 2 atom stereocenters. The third kappa shape index (κ3) is 5.91. The zero-order valence-electron chi connectivity index (χ0n) is 15.3. The number of hydrogen-bond donors (Lipinski definition) is 1. The fourth-order valence-electron chi connectivity index (χ4n) is 2.60. The molecular formula is C24H22O4. The summed E-state index contributed by atoms with van der Waals surface area (Å²) in [4.78, 5) is 12.6. The molecule has 0 unspecified atom stereocenters. The summed E-state index contributed by atoms with van der Waals surface area (Å²) in [5.74, 6) is -0.243. The van der Waals surface area contributed by atoms with Crippen LogP contribution in [0.25, 0.3) is 6.08 Å². The molecule has 0 aliphatic rings. The van der Waals surface area contributed by atoms with Crippen LogP contribution in [-0.2, 0) is 16.1 Å². The smallest absolute Gasteiger partial charge is 0.343 e. The number of para-hydroxylation sites is 1. The summed E-state index contributed by atoms with van der Waals surface area (Å²) < 4.78 is 11.1. The van der Waals surface area contributed by atoms with Crippen molar-refractivity contribution in [2.24, 2.45) is 0 Å². The van der Waals surface area contributed by atoms with Crippen LogP contribution in [0.3, 0.4) is 0 Å². The van der Waals surface area contributed by atoms with Gasteiger partial charge in [0.25, 0.3) is 0 Å². The third-order valence-electron chi connectivity index (χ3n) is 4.06. The van der Waals surface area contributed by atoms with E-state index in [0.29, 0.717) is 5.75 Å². The van der Waals surface area contributed by atoms with Crippen LogP contribution in [-0.4, -0.2) is 23.3 Å². The van der Waals surface area contributed by atoms with E-state index in [-0.39, 0.29) is 6.61 Å².